The summed E-state index contributed by atoms with van der Waals surface area (Å²) in [4.78, 5) is 12.4. The zero-order valence-corrected chi connectivity index (χ0v) is 19.3. The summed E-state index contributed by atoms with van der Waals surface area (Å²) < 4.78 is 36.0. The lowest BCUT2D eigenvalue weighted by Crippen LogP contribution is -2.27. The van der Waals surface area contributed by atoms with Gasteiger partial charge in [0.25, 0.3) is 0 Å². The average Bonchev–Trinajstić information content (AvgIpc) is 2.76. The molecule has 3 aromatic carbocycles. The van der Waals surface area contributed by atoms with Gasteiger partial charge < -0.3 is 14.2 Å². The number of carbonyl (C=O) groups is 1. The molecule has 0 spiro atoms. The largest absolute Gasteiger partial charge is 0.497 e. The van der Waals surface area contributed by atoms with E-state index in [2.05, 4.69) is 21.2 Å². The van der Waals surface area contributed by atoms with Crippen LogP contribution in [0, 0.1) is 0 Å². The molecule has 1 N–H and O–H groups in total. The van der Waals surface area contributed by atoms with Gasteiger partial charge in [-0.25, -0.2) is 0 Å². The molecule has 162 valence electrons. The van der Waals surface area contributed by atoms with Crippen LogP contribution >= 0.6 is 15.9 Å². The van der Waals surface area contributed by atoms with E-state index in [1.807, 2.05) is 24.3 Å². The van der Waals surface area contributed by atoms with Crippen molar-refractivity contribution in [1.82, 2.24) is 5.32 Å². The van der Waals surface area contributed by atoms with Crippen LogP contribution in [0.3, 0.4) is 0 Å². The molecule has 0 aromatic heterocycles. The van der Waals surface area contributed by atoms with Gasteiger partial charge in [0.2, 0.25) is 5.91 Å². The van der Waals surface area contributed by atoms with Crippen LogP contribution in [0.4, 0.5) is 0 Å². The molecule has 0 fully saturated rings. The quantitative estimate of drug-likeness (QED) is 0.444. The number of hydrogen-bond acceptors (Lipinski definition) is 5. The van der Waals surface area contributed by atoms with Crippen LogP contribution in [0.15, 0.2) is 82.2 Å². The Kier molecular flexibility index (Phi) is 7.70. The summed E-state index contributed by atoms with van der Waals surface area (Å²) in [7, 11) is -2.34. The Balaban J connectivity index is 1.60. The zero-order valence-electron chi connectivity index (χ0n) is 16.9. The van der Waals surface area contributed by atoms with Crippen molar-refractivity contribution in [1.29, 1.82) is 0 Å². The highest BCUT2D eigenvalue weighted by atomic mass is 79.9. The highest BCUT2D eigenvalue weighted by Crippen LogP contribution is 2.25. The Bertz CT molecular complexity index is 1150. The fourth-order valence-electron chi connectivity index (χ4n) is 2.91. The number of nitrogens with one attached hydrogen (secondary N) is 1. The maximum atomic E-state index is 12.4. The molecule has 8 heteroatoms. The van der Waals surface area contributed by atoms with E-state index in [4.69, 9.17) is 8.92 Å². The minimum absolute atomic E-state index is 0.0646. The second kappa shape index (κ2) is 10.5. The second-order valence-corrected chi connectivity index (χ2v) is 9.13. The van der Waals surface area contributed by atoms with E-state index in [-0.39, 0.29) is 23.0 Å². The molecule has 31 heavy (non-hydrogen) atoms. The van der Waals surface area contributed by atoms with Crippen molar-refractivity contribution in [2.24, 2.45) is 0 Å². The fraction of sp³-hybridized carbons (Fsp3) is 0.174. The van der Waals surface area contributed by atoms with Crippen LogP contribution in [-0.4, -0.2) is 28.0 Å². The van der Waals surface area contributed by atoms with Crippen LogP contribution in [0.1, 0.15) is 11.1 Å². The average molecular weight is 504 g/mol. The van der Waals surface area contributed by atoms with Gasteiger partial charge in [0.1, 0.15) is 16.4 Å². The summed E-state index contributed by atoms with van der Waals surface area (Å²) in [5.41, 5.74) is 1.68. The van der Waals surface area contributed by atoms with Crippen molar-refractivity contribution in [3.63, 3.8) is 0 Å². The minimum atomic E-state index is -3.95. The molecule has 0 radical (unpaired) electrons. The molecule has 1 amide bonds. The zero-order chi connectivity index (χ0) is 22.3. The third-order valence-corrected chi connectivity index (χ3v) is 6.51. The van der Waals surface area contributed by atoms with Gasteiger partial charge in [0, 0.05) is 11.0 Å². The molecular weight excluding hydrogens is 482 g/mol. The lowest BCUT2D eigenvalue weighted by molar-refractivity contribution is -0.120. The summed E-state index contributed by atoms with van der Waals surface area (Å²) in [6.07, 6.45) is 0.754. The highest BCUT2D eigenvalue weighted by molar-refractivity contribution is 9.10. The third kappa shape index (κ3) is 6.57. The van der Waals surface area contributed by atoms with E-state index in [1.165, 1.54) is 18.2 Å². The predicted molar refractivity (Wildman–Crippen MR) is 122 cm³/mol. The molecule has 0 atom stereocenters. The lowest BCUT2D eigenvalue weighted by atomic mass is 10.1. The minimum Gasteiger partial charge on any atom is -0.497 e. The van der Waals surface area contributed by atoms with Crippen molar-refractivity contribution in [3.8, 4) is 11.5 Å². The lowest BCUT2D eigenvalue weighted by Gasteiger charge is -2.11. The van der Waals surface area contributed by atoms with E-state index in [9.17, 15) is 13.2 Å². The van der Waals surface area contributed by atoms with Crippen molar-refractivity contribution >= 4 is 32.0 Å². The molecule has 3 aromatic rings. The molecule has 0 aliphatic carbocycles. The summed E-state index contributed by atoms with van der Waals surface area (Å²) in [6.45, 7) is 0.474. The van der Waals surface area contributed by atoms with Gasteiger partial charge in [-0.1, -0.05) is 46.3 Å². The van der Waals surface area contributed by atoms with E-state index < -0.39 is 10.1 Å². The summed E-state index contributed by atoms with van der Waals surface area (Å²) in [5, 5.41) is 2.88. The summed E-state index contributed by atoms with van der Waals surface area (Å²) in [5.74, 6) is 0.743. The number of methoxy groups -OCH3 is 1. The first-order chi connectivity index (χ1) is 14.9. The third-order valence-electron chi connectivity index (χ3n) is 4.48. The number of rotatable bonds is 9. The molecule has 0 aliphatic heterocycles. The van der Waals surface area contributed by atoms with E-state index in [1.54, 1.807) is 37.4 Å². The van der Waals surface area contributed by atoms with Gasteiger partial charge in [-0.2, -0.15) is 8.42 Å². The van der Waals surface area contributed by atoms with E-state index in [0.717, 1.165) is 11.3 Å². The van der Waals surface area contributed by atoms with Gasteiger partial charge >= 0.3 is 10.1 Å². The molecule has 6 nitrogen and oxygen atoms in total. The molecule has 3 rings (SSSR count). The SMILES string of the molecule is COc1cccc(CCNC(=O)Cc2cc(OS(=O)(=O)c3ccccc3)ccc2Br)c1. The Labute approximate surface area is 190 Å². The number of halogens is 1. The first-order valence-electron chi connectivity index (χ1n) is 9.55. The van der Waals surface area contributed by atoms with Crippen molar-refractivity contribution < 1.29 is 22.1 Å². The monoisotopic (exact) mass is 503 g/mol. The predicted octanol–water partition coefficient (Wildman–Crippen LogP) is 4.13. The van der Waals surface area contributed by atoms with Crippen LogP contribution < -0.4 is 14.2 Å². The van der Waals surface area contributed by atoms with Crippen LogP contribution in [0.2, 0.25) is 0 Å². The van der Waals surface area contributed by atoms with Crippen molar-refractivity contribution in [2.75, 3.05) is 13.7 Å². The number of hydrogen-bond donors (Lipinski definition) is 1. The Morgan fingerprint density at radius 3 is 2.48 bits per heavy atom. The molecular formula is C23H22BrNO5S. The number of ether oxygens (including phenoxy) is 1. The first kappa shape index (κ1) is 22.8. The molecule has 0 saturated carbocycles. The van der Waals surface area contributed by atoms with Crippen molar-refractivity contribution in [3.05, 3.63) is 88.4 Å². The molecule has 0 bridgehead atoms. The maximum absolute atomic E-state index is 12.4. The van der Waals surface area contributed by atoms with Gasteiger partial charge in [0.15, 0.2) is 0 Å². The Morgan fingerprint density at radius 2 is 1.74 bits per heavy atom. The van der Waals surface area contributed by atoms with Gasteiger partial charge in [0.05, 0.1) is 13.5 Å². The topological polar surface area (TPSA) is 81.7 Å². The highest BCUT2D eigenvalue weighted by Gasteiger charge is 2.17. The number of amides is 1. The maximum Gasteiger partial charge on any atom is 0.339 e. The fourth-order valence-corrected chi connectivity index (χ4v) is 4.24. The first-order valence-corrected chi connectivity index (χ1v) is 11.7. The van der Waals surface area contributed by atoms with Gasteiger partial charge in [-0.05, 0) is 60.0 Å². The summed E-state index contributed by atoms with van der Waals surface area (Å²) >= 11 is 3.41. The van der Waals surface area contributed by atoms with Gasteiger partial charge in [-0.3, -0.25) is 4.79 Å². The Morgan fingerprint density at radius 1 is 0.968 bits per heavy atom. The normalized spacial score (nSPS) is 11.0. The molecule has 0 heterocycles. The van der Waals surface area contributed by atoms with Crippen LogP contribution in [-0.2, 0) is 27.8 Å². The second-order valence-electron chi connectivity index (χ2n) is 6.73. The van der Waals surface area contributed by atoms with E-state index in [0.29, 0.717) is 23.0 Å². The molecule has 0 unspecified atom stereocenters. The molecule has 0 aliphatic rings. The van der Waals surface area contributed by atoms with Crippen LogP contribution in [0.25, 0.3) is 0 Å². The van der Waals surface area contributed by atoms with Gasteiger partial charge in [-0.15, -0.1) is 0 Å². The van der Waals surface area contributed by atoms with Crippen molar-refractivity contribution in [2.45, 2.75) is 17.7 Å². The molecule has 0 saturated heterocycles. The summed E-state index contributed by atoms with van der Waals surface area (Å²) in [6, 6.07) is 20.3. The number of benzene rings is 3. The Hall–Kier alpha value is -2.84. The standard InChI is InChI=1S/C23H22BrNO5S/c1-29-19-7-5-6-17(14-19)12-13-25-23(26)16-18-15-20(10-11-22(18)24)30-31(27,28)21-8-3-2-4-9-21/h2-11,14-15H,12-13,16H2,1H3,(H,25,26). The van der Waals surface area contributed by atoms with Crippen LogP contribution in [0.5, 0.6) is 11.5 Å². The smallest absolute Gasteiger partial charge is 0.339 e. The number of carbonyl (C=O) groups excluding carboxylic acids is 1. The van der Waals surface area contributed by atoms with E-state index >= 15 is 0 Å².